The van der Waals surface area contributed by atoms with Crippen LogP contribution in [0.4, 0.5) is 0 Å². The molecule has 0 aliphatic rings. The standard InChI is InChI=1S/C13H18BrClN2O3S/c1-5-13(2,3)17(4)12(18)8-6-11(21(16,19)20)9(14)7-10(8)15/h6-7H,5H2,1-4H3,(H2,16,19,20). The Morgan fingerprint density at radius 3 is 2.38 bits per heavy atom. The van der Waals surface area contributed by atoms with Gasteiger partial charge < -0.3 is 4.90 Å². The molecule has 1 aromatic carbocycles. The number of hydrogen-bond donors (Lipinski definition) is 1. The zero-order chi connectivity index (χ0) is 16.6. The highest BCUT2D eigenvalue weighted by molar-refractivity contribution is 9.10. The van der Waals surface area contributed by atoms with E-state index in [-0.39, 0.29) is 31.4 Å². The van der Waals surface area contributed by atoms with E-state index in [2.05, 4.69) is 15.9 Å². The molecule has 0 saturated heterocycles. The Labute approximate surface area is 138 Å². The van der Waals surface area contributed by atoms with E-state index in [1.807, 2.05) is 20.8 Å². The third-order valence-electron chi connectivity index (χ3n) is 3.64. The second-order valence-corrected chi connectivity index (χ2v) is 8.13. The van der Waals surface area contributed by atoms with Crippen molar-refractivity contribution in [2.75, 3.05) is 7.05 Å². The second-order valence-electron chi connectivity index (χ2n) is 5.34. The van der Waals surface area contributed by atoms with Crippen LogP contribution in [0, 0.1) is 0 Å². The molecule has 21 heavy (non-hydrogen) atoms. The Balaban J connectivity index is 3.41. The molecule has 0 saturated carbocycles. The first-order chi connectivity index (χ1) is 9.41. The summed E-state index contributed by atoms with van der Waals surface area (Å²) in [5.74, 6) is -0.357. The van der Waals surface area contributed by atoms with Gasteiger partial charge in [0.2, 0.25) is 10.0 Å². The highest BCUT2D eigenvalue weighted by Crippen LogP contribution is 2.30. The van der Waals surface area contributed by atoms with E-state index in [0.29, 0.717) is 0 Å². The third kappa shape index (κ3) is 3.97. The van der Waals surface area contributed by atoms with Crippen molar-refractivity contribution >= 4 is 43.5 Å². The number of hydrogen-bond acceptors (Lipinski definition) is 3. The van der Waals surface area contributed by atoms with E-state index < -0.39 is 10.0 Å². The second kappa shape index (κ2) is 6.24. The summed E-state index contributed by atoms with van der Waals surface area (Å²) < 4.78 is 23.3. The summed E-state index contributed by atoms with van der Waals surface area (Å²) in [6, 6.07) is 2.56. The molecule has 1 aromatic rings. The van der Waals surface area contributed by atoms with Crippen LogP contribution in [-0.2, 0) is 10.0 Å². The van der Waals surface area contributed by atoms with Gasteiger partial charge in [-0.2, -0.15) is 0 Å². The molecule has 0 spiro atoms. The molecule has 0 aromatic heterocycles. The van der Waals surface area contributed by atoms with Crippen LogP contribution in [0.15, 0.2) is 21.5 Å². The molecule has 0 heterocycles. The number of amides is 1. The average molecular weight is 398 g/mol. The van der Waals surface area contributed by atoms with Crippen LogP contribution in [0.5, 0.6) is 0 Å². The normalized spacial score (nSPS) is 12.3. The Hall–Kier alpha value is -0.630. The van der Waals surface area contributed by atoms with Crippen molar-refractivity contribution in [2.24, 2.45) is 5.14 Å². The first kappa shape index (κ1) is 18.4. The van der Waals surface area contributed by atoms with Crippen LogP contribution < -0.4 is 5.14 Å². The summed E-state index contributed by atoms with van der Waals surface area (Å²) in [5.41, 5.74) is -0.275. The van der Waals surface area contributed by atoms with Gasteiger partial charge in [-0.15, -0.1) is 0 Å². The van der Waals surface area contributed by atoms with Crippen molar-refractivity contribution in [3.8, 4) is 0 Å². The maximum absolute atomic E-state index is 12.6. The smallest absolute Gasteiger partial charge is 0.255 e. The zero-order valence-electron chi connectivity index (χ0n) is 12.3. The fraction of sp³-hybridized carbons (Fsp3) is 0.462. The van der Waals surface area contributed by atoms with Crippen LogP contribution >= 0.6 is 27.5 Å². The van der Waals surface area contributed by atoms with Gasteiger partial charge in [0.05, 0.1) is 15.5 Å². The van der Waals surface area contributed by atoms with Gasteiger partial charge in [0.25, 0.3) is 5.91 Å². The van der Waals surface area contributed by atoms with Gasteiger partial charge in [-0.3, -0.25) is 4.79 Å². The Kier molecular flexibility index (Phi) is 5.47. The average Bonchev–Trinajstić information content (AvgIpc) is 2.35. The van der Waals surface area contributed by atoms with Crippen LogP contribution in [-0.4, -0.2) is 31.8 Å². The minimum atomic E-state index is -3.95. The van der Waals surface area contributed by atoms with Crippen LogP contribution in [0.3, 0.4) is 0 Å². The summed E-state index contributed by atoms with van der Waals surface area (Å²) in [7, 11) is -2.30. The topological polar surface area (TPSA) is 80.5 Å². The summed E-state index contributed by atoms with van der Waals surface area (Å²) >= 11 is 9.16. The molecule has 0 bridgehead atoms. The molecule has 0 atom stereocenters. The lowest BCUT2D eigenvalue weighted by Crippen LogP contribution is -2.44. The fourth-order valence-corrected chi connectivity index (χ4v) is 3.61. The predicted octanol–water partition coefficient (Wildman–Crippen LogP) is 3.01. The van der Waals surface area contributed by atoms with Crippen LogP contribution in [0.2, 0.25) is 5.02 Å². The molecule has 0 unspecified atom stereocenters. The number of carbonyl (C=O) groups excluding carboxylic acids is 1. The molecule has 1 amide bonds. The summed E-state index contributed by atoms with van der Waals surface area (Å²) in [6.45, 7) is 5.79. The number of halogens is 2. The minimum Gasteiger partial charge on any atom is -0.337 e. The first-order valence-corrected chi connectivity index (χ1v) is 8.93. The quantitative estimate of drug-likeness (QED) is 0.848. The summed E-state index contributed by atoms with van der Waals surface area (Å²) in [6.07, 6.45) is 0.741. The number of primary sulfonamides is 1. The van der Waals surface area contributed by atoms with Gasteiger partial charge in [0, 0.05) is 17.1 Å². The number of carbonyl (C=O) groups is 1. The van der Waals surface area contributed by atoms with Crippen molar-refractivity contribution < 1.29 is 13.2 Å². The molecule has 8 heteroatoms. The lowest BCUT2D eigenvalue weighted by atomic mass is 9.99. The largest absolute Gasteiger partial charge is 0.337 e. The number of nitrogens with zero attached hydrogens (tertiary/aromatic N) is 1. The summed E-state index contributed by atoms with van der Waals surface area (Å²) in [5, 5.41) is 5.30. The number of nitrogens with two attached hydrogens (primary N) is 1. The van der Waals surface area contributed by atoms with Crippen LogP contribution in [0.1, 0.15) is 37.6 Å². The molecule has 2 N–H and O–H groups in total. The van der Waals surface area contributed by atoms with Gasteiger partial charge in [-0.25, -0.2) is 13.6 Å². The fourth-order valence-electron chi connectivity index (χ4n) is 1.60. The number of rotatable bonds is 4. The minimum absolute atomic E-state index is 0.105. The van der Waals surface area contributed by atoms with Crippen molar-refractivity contribution in [2.45, 2.75) is 37.6 Å². The van der Waals surface area contributed by atoms with Crippen molar-refractivity contribution in [3.05, 3.63) is 27.2 Å². The summed E-state index contributed by atoms with van der Waals surface area (Å²) in [4.78, 5) is 13.9. The highest BCUT2D eigenvalue weighted by atomic mass is 79.9. The molecule has 0 aliphatic heterocycles. The van der Waals surface area contributed by atoms with Crippen molar-refractivity contribution in [3.63, 3.8) is 0 Å². The highest BCUT2D eigenvalue weighted by Gasteiger charge is 2.29. The first-order valence-electron chi connectivity index (χ1n) is 6.22. The van der Waals surface area contributed by atoms with Crippen molar-refractivity contribution in [1.29, 1.82) is 0 Å². The molecule has 118 valence electrons. The van der Waals surface area contributed by atoms with Gasteiger partial charge in [0.1, 0.15) is 0 Å². The predicted molar refractivity (Wildman–Crippen MR) is 87.0 cm³/mol. The number of sulfonamides is 1. The monoisotopic (exact) mass is 396 g/mol. The molecule has 1 rings (SSSR count). The molecule has 0 aliphatic carbocycles. The molecular formula is C13H18BrClN2O3S. The van der Waals surface area contributed by atoms with E-state index >= 15 is 0 Å². The maximum Gasteiger partial charge on any atom is 0.255 e. The number of benzene rings is 1. The Bertz CT molecular complexity index is 674. The molecule has 0 radical (unpaired) electrons. The molecule has 5 nitrogen and oxygen atoms in total. The van der Waals surface area contributed by atoms with E-state index in [4.69, 9.17) is 16.7 Å². The van der Waals surface area contributed by atoms with E-state index in [9.17, 15) is 13.2 Å². The van der Waals surface area contributed by atoms with Crippen molar-refractivity contribution in [1.82, 2.24) is 4.90 Å². The third-order valence-corrected chi connectivity index (χ3v) is 5.82. The molecule has 0 fully saturated rings. The van der Waals surface area contributed by atoms with E-state index in [0.717, 1.165) is 6.42 Å². The SMILES string of the molecule is CCC(C)(C)N(C)C(=O)c1cc(S(N)(=O)=O)c(Br)cc1Cl. The molecular weight excluding hydrogens is 380 g/mol. The lowest BCUT2D eigenvalue weighted by Gasteiger charge is -2.35. The van der Waals surface area contributed by atoms with E-state index in [1.54, 1.807) is 7.05 Å². The Morgan fingerprint density at radius 2 is 1.95 bits per heavy atom. The van der Waals surface area contributed by atoms with Crippen LogP contribution in [0.25, 0.3) is 0 Å². The van der Waals surface area contributed by atoms with E-state index in [1.165, 1.54) is 17.0 Å². The Morgan fingerprint density at radius 1 is 1.43 bits per heavy atom. The maximum atomic E-state index is 12.6. The van der Waals surface area contributed by atoms with Gasteiger partial charge in [-0.1, -0.05) is 18.5 Å². The van der Waals surface area contributed by atoms with Gasteiger partial charge in [0.15, 0.2) is 0 Å². The van der Waals surface area contributed by atoms with Gasteiger partial charge in [-0.05, 0) is 48.3 Å². The van der Waals surface area contributed by atoms with Gasteiger partial charge >= 0.3 is 0 Å². The lowest BCUT2D eigenvalue weighted by molar-refractivity contribution is 0.0620. The zero-order valence-corrected chi connectivity index (χ0v) is 15.4.